The van der Waals surface area contributed by atoms with E-state index in [4.69, 9.17) is 0 Å². The highest BCUT2D eigenvalue weighted by Crippen LogP contribution is 2.26. The molecule has 1 amide bonds. The molecule has 0 bridgehead atoms. The lowest BCUT2D eigenvalue weighted by molar-refractivity contribution is -0.121. The standard InChI is InChI=1S/C26H29N3O4S/c1-18-9-11-22(12-10-18)16-29(34(32,33)26-20(3)13-19(2)14-21(26)4)17-25(31)28-27-15-23-7-5-6-8-24(23)30/h5-15,30H,16-17H2,1-4H3,(H,28,31)/b27-15+. The third kappa shape index (κ3) is 6.09. The van der Waals surface area contributed by atoms with Crippen LogP contribution in [-0.4, -0.2) is 36.5 Å². The Bertz CT molecular complexity index is 1290. The number of para-hydroxylation sites is 1. The number of nitrogens with one attached hydrogen (secondary N) is 1. The lowest BCUT2D eigenvalue weighted by Crippen LogP contribution is -2.39. The van der Waals surface area contributed by atoms with Gasteiger partial charge < -0.3 is 5.11 Å². The van der Waals surface area contributed by atoms with Gasteiger partial charge in [-0.15, -0.1) is 0 Å². The third-order valence-corrected chi connectivity index (χ3v) is 7.43. The number of amides is 1. The van der Waals surface area contributed by atoms with Crippen LogP contribution in [0.25, 0.3) is 0 Å². The summed E-state index contributed by atoms with van der Waals surface area (Å²) in [5.41, 5.74) is 6.83. The molecule has 34 heavy (non-hydrogen) atoms. The second kappa shape index (κ2) is 10.6. The van der Waals surface area contributed by atoms with Crippen molar-refractivity contribution in [2.24, 2.45) is 5.10 Å². The highest BCUT2D eigenvalue weighted by atomic mass is 32.2. The molecular formula is C26H29N3O4S. The Morgan fingerprint density at radius 1 is 0.971 bits per heavy atom. The first-order valence-electron chi connectivity index (χ1n) is 10.8. The average molecular weight is 480 g/mol. The van der Waals surface area contributed by atoms with Crippen LogP contribution in [0.3, 0.4) is 0 Å². The molecule has 8 heteroatoms. The number of aryl methyl sites for hydroxylation is 4. The van der Waals surface area contributed by atoms with Crippen LogP contribution in [0.15, 0.2) is 70.7 Å². The first-order valence-corrected chi connectivity index (χ1v) is 12.3. The largest absolute Gasteiger partial charge is 0.507 e. The van der Waals surface area contributed by atoms with Crippen LogP contribution in [0.4, 0.5) is 0 Å². The van der Waals surface area contributed by atoms with Gasteiger partial charge in [0.2, 0.25) is 10.0 Å². The van der Waals surface area contributed by atoms with Crippen LogP contribution < -0.4 is 5.43 Å². The molecule has 3 aromatic carbocycles. The monoisotopic (exact) mass is 479 g/mol. The Kier molecular flexibility index (Phi) is 7.86. The molecule has 0 spiro atoms. The minimum atomic E-state index is -3.99. The van der Waals surface area contributed by atoms with E-state index in [0.29, 0.717) is 16.7 Å². The summed E-state index contributed by atoms with van der Waals surface area (Å²) in [6.07, 6.45) is 1.31. The Hall–Kier alpha value is -3.49. The van der Waals surface area contributed by atoms with Crippen molar-refractivity contribution >= 4 is 22.1 Å². The molecule has 0 saturated carbocycles. The summed E-state index contributed by atoms with van der Waals surface area (Å²) >= 11 is 0. The van der Waals surface area contributed by atoms with Crippen molar-refractivity contribution in [1.29, 1.82) is 0 Å². The van der Waals surface area contributed by atoms with E-state index in [1.165, 1.54) is 12.3 Å². The predicted octanol–water partition coefficient (Wildman–Crippen LogP) is 3.97. The normalized spacial score (nSPS) is 11.8. The number of benzene rings is 3. The van der Waals surface area contributed by atoms with Crippen LogP contribution >= 0.6 is 0 Å². The number of hydrogen-bond acceptors (Lipinski definition) is 5. The Morgan fingerprint density at radius 2 is 1.59 bits per heavy atom. The van der Waals surface area contributed by atoms with Gasteiger partial charge in [-0.05, 0) is 56.5 Å². The molecule has 0 aliphatic carbocycles. The second-order valence-corrected chi connectivity index (χ2v) is 10.2. The topological polar surface area (TPSA) is 99.1 Å². The van der Waals surface area contributed by atoms with E-state index in [1.54, 1.807) is 32.0 Å². The van der Waals surface area contributed by atoms with Crippen LogP contribution in [0, 0.1) is 27.7 Å². The number of aromatic hydroxyl groups is 1. The summed E-state index contributed by atoms with van der Waals surface area (Å²) in [6, 6.07) is 17.7. The van der Waals surface area contributed by atoms with E-state index in [9.17, 15) is 18.3 Å². The van der Waals surface area contributed by atoms with Crippen LogP contribution in [0.2, 0.25) is 0 Å². The molecule has 0 unspecified atom stereocenters. The predicted molar refractivity (Wildman–Crippen MR) is 133 cm³/mol. The number of phenolic OH excluding ortho intramolecular Hbond substituents is 1. The number of carbonyl (C=O) groups is 1. The summed E-state index contributed by atoms with van der Waals surface area (Å²) in [7, 11) is -3.99. The zero-order valence-electron chi connectivity index (χ0n) is 19.7. The number of carbonyl (C=O) groups excluding carboxylic acids is 1. The lowest BCUT2D eigenvalue weighted by Gasteiger charge is -2.24. The molecule has 178 valence electrons. The third-order valence-electron chi connectivity index (χ3n) is 5.33. The molecule has 0 atom stereocenters. The van der Waals surface area contributed by atoms with E-state index in [0.717, 1.165) is 21.0 Å². The van der Waals surface area contributed by atoms with Gasteiger partial charge in [0, 0.05) is 12.1 Å². The van der Waals surface area contributed by atoms with Crippen molar-refractivity contribution in [3.63, 3.8) is 0 Å². The van der Waals surface area contributed by atoms with E-state index in [1.807, 2.05) is 50.2 Å². The highest BCUT2D eigenvalue weighted by molar-refractivity contribution is 7.89. The number of phenols is 1. The van der Waals surface area contributed by atoms with Crippen molar-refractivity contribution in [2.75, 3.05) is 6.54 Å². The smallest absolute Gasteiger partial charge is 0.255 e. The highest BCUT2D eigenvalue weighted by Gasteiger charge is 2.30. The maximum absolute atomic E-state index is 13.7. The van der Waals surface area contributed by atoms with Crippen LogP contribution in [-0.2, 0) is 21.4 Å². The van der Waals surface area contributed by atoms with E-state index >= 15 is 0 Å². The molecule has 2 N–H and O–H groups in total. The molecule has 3 aromatic rings. The SMILES string of the molecule is Cc1ccc(CN(CC(=O)N/N=C/c2ccccc2O)S(=O)(=O)c2c(C)cc(C)cc2C)cc1. The van der Waals surface area contributed by atoms with Crippen molar-refractivity contribution in [3.05, 3.63) is 94.0 Å². The summed E-state index contributed by atoms with van der Waals surface area (Å²) < 4.78 is 28.6. The number of rotatable bonds is 8. The molecule has 0 aliphatic rings. The fourth-order valence-corrected chi connectivity index (χ4v) is 5.59. The number of sulfonamides is 1. The summed E-state index contributed by atoms with van der Waals surface area (Å²) in [5, 5.41) is 13.7. The van der Waals surface area contributed by atoms with Gasteiger partial charge in [0.05, 0.1) is 17.7 Å². The van der Waals surface area contributed by atoms with Crippen molar-refractivity contribution < 1.29 is 18.3 Å². The average Bonchev–Trinajstić information content (AvgIpc) is 2.75. The number of hydrogen-bond donors (Lipinski definition) is 2. The summed E-state index contributed by atoms with van der Waals surface area (Å²) in [5.74, 6) is -0.570. The Balaban J connectivity index is 1.88. The van der Waals surface area contributed by atoms with Gasteiger partial charge in [-0.3, -0.25) is 4.79 Å². The van der Waals surface area contributed by atoms with Gasteiger partial charge >= 0.3 is 0 Å². The van der Waals surface area contributed by atoms with Gasteiger partial charge in [0.15, 0.2) is 0 Å². The molecule has 0 radical (unpaired) electrons. The molecule has 3 rings (SSSR count). The summed E-state index contributed by atoms with van der Waals surface area (Å²) in [6.45, 7) is 7.00. The molecular weight excluding hydrogens is 450 g/mol. The van der Waals surface area contributed by atoms with Gasteiger partial charge in [-0.25, -0.2) is 13.8 Å². The van der Waals surface area contributed by atoms with Crippen molar-refractivity contribution in [2.45, 2.75) is 39.1 Å². The lowest BCUT2D eigenvalue weighted by atomic mass is 10.1. The fraction of sp³-hybridized carbons (Fsp3) is 0.231. The van der Waals surface area contributed by atoms with Crippen molar-refractivity contribution in [1.82, 2.24) is 9.73 Å². The zero-order chi connectivity index (χ0) is 24.9. The maximum Gasteiger partial charge on any atom is 0.255 e. The van der Waals surface area contributed by atoms with Gasteiger partial charge in [0.1, 0.15) is 5.75 Å². The van der Waals surface area contributed by atoms with Gasteiger partial charge in [-0.1, -0.05) is 59.7 Å². The Morgan fingerprint density at radius 3 is 2.21 bits per heavy atom. The number of hydrazone groups is 1. The van der Waals surface area contributed by atoms with E-state index in [-0.39, 0.29) is 17.2 Å². The van der Waals surface area contributed by atoms with Crippen LogP contribution in [0.5, 0.6) is 5.75 Å². The Labute approximate surface area is 200 Å². The first kappa shape index (κ1) is 25.1. The van der Waals surface area contributed by atoms with Gasteiger partial charge in [0.25, 0.3) is 5.91 Å². The minimum absolute atomic E-state index is 0.0226. The van der Waals surface area contributed by atoms with Gasteiger partial charge in [-0.2, -0.15) is 9.41 Å². The molecule has 0 heterocycles. The quantitative estimate of drug-likeness (QED) is 0.377. The maximum atomic E-state index is 13.7. The fourth-order valence-electron chi connectivity index (χ4n) is 3.79. The van der Waals surface area contributed by atoms with Crippen LogP contribution in [0.1, 0.15) is 33.4 Å². The first-order chi connectivity index (χ1) is 16.1. The van der Waals surface area contributed by atoms with E-state index < -0.39 is 22.5 Å². The zero-order valence-corrected chi connectivity index (χ0v) is 20.6. The summed E-state index contributed by atoms with van der Waals surface area (Å²) in [4.78, 5) is 12.9. The van der Waals surface area contributed by atoms with Crippen molar-refractivity contribution in [3.8, 4) is 5.75 Å². The molecule has 0 aliphatic heterocycles. The second-order valence-electron chi connectivity index (χ2n) is 8.34. The molecule has 0 fully saturated rings. The number of nitrogens with zero attached hydrogens (tertiary/aromatic N) is 2. The minimum Gasteiger partial charge on any atom is -0.507 e. The molecule has 0 saturated heterocycles. The van der Waals surface area contributed by atoms with E-state index in [2.05, 4.69) is 10.5 Å². The molecule has 7 nitrogen and oxygen atoms in total. The molecule has 0 aromatic heterocycles.